The molecule has 0 aromatic heterocycles. The topological polar surface area (TPSA) is 49.3 Å². The zero-order valence-electron chi connectivity index (χ0n) is 11.0. The van der Waals surface area contributed by atoms with Crippen molar-refractivity contribution in [3.8, 4) is 0 Å². The minimum absolute atomic E-state index is 0.0452. The van der Waals surface area contributed by atoms with Crippen molar-refractivity contribution >= 4 is 17.7 Å². The van der Waals surface area contributed by atoms with Gasteiger partial charge in [-0.25, -0.2) is 0 Å². The van der Waals surface area contributed by atoms with Crippen molar-refractivity contribution < 1.29 is 9.90 Å². The van der Waals surface area contributed by atoms with Crippen LogP contribution < -0.4 is 5.32 Å². The number of carbonyl (C=O) groups excluding carboxylic acids is 1. The van der Waals surface area contributed by atoms with Crippen LogP contribution in [0.25, 0.3) is 0 Å². The van der Waals surface area contributed by atoms with E-state index in [0.717, 1.165) is 12.8 Å². The molecule has 1 aliphatic rings. The van der Waals surface area contributed by atoms with E-state index in [-0.39, 0.29) is 17.9 Å². The Bertz CT molecular complexity index is 238. The summed E-state index contributed by atoms with van der Waals surface area (Å²) >= 11 is 1.66. The number of hydrogen-bond donors (Lipinski definition) is 2. The molecule has 100 valence electrons. The van der Waals surface area contributed by atoms with Crippen LogP contribution in [0, 0.1) is 5.41 Å². The molecule has 0 saturated heterocycles. The molecule has 0 aromatic rings. The fourth-order valence-corrected chi connectivity index (χ4v) is 2.86. The lowest BCUT2D eigenvalue weighted by atomic mass is 9.74. The smallest absolute Gasteiger partial charge is 0.230 e. The third kappa shape index (κ3) is 5.30. The van der Waals surface area contributed by atoms with Gasteiger partial charge < -0.3 is 10.4 Å². The van der Waals surface area contributed by atoms with E-state index >= 15 is 0 Å². The number of hydrogen-bond acceptors (Lipinski definition) is 3. The van der Waals surface area contributed by atoms with Crippen molar-refractivity contribution in [2.24, 2.45) is 5.41 Å². The van der Waals surface area contributed by atoms with E-state index in [9.17, 15) is 9.90 Å². The van der Waals surface area contributed by atoms with Gasteiger partial charge in [0.15, 0.2) is 0 Å². The normalized spacial score (nSPS) is 19.3. The number of aliphatic hydroxyl groups is 1. The summed E-state index contributed by atoms with van der Waals surface area (Å²) in [5.41, 5.74) is -0.0452. The lowest BCUT2D eigenvalue weighted by molar-refractivity contribution is -0.119. The van der Waals surface area contributed by atoms with Crippen LogP contribution in [0.4, 0.5) is 0 Å². The number of nitrogens with one attached hydrogen (secondary N) is 1. The highest BCUT2D eigenvalue weighted by Crippen LogP contribution is 2.35. The van der Waals surface area contributed by atoms with Gasteiger partial charge in [-0.1, -0.05) is 33.1 Å². The highest BCUT2D eigenvalue weighted by molar-refractivity contribution is 8.00. The first-order chi connectivity index (χ1) is 8.08. The maximum absolute atomic E-state index is 11.6. The van der Waals surface area contributed by atoms with E-state index in [0.29, 0.717) is 17.5 Å². The molecule has 17 heavy (non-hydrogen) atoms. The molecule has 0 aromatic carbocycles. The Labute approximate surface area is 109 Å². The van der Waals surface area contributed by atoms with Crippen LogP contribution in [-0.2, 0) is 4.79 Å². The molecule has 1 rings (SSSR count). The molecular weight excluding hydrogens is 234 g/mol. The maximum atomic E-state index is 11.6. The van der Waals surface area contributed by atoms with Crippen LogP contribution in [0.15, 0.2) is 0 Å². The molecule has 1 amide bonds. The summed E-state index contributed by atoms with van der Waals surface area (Å²) in [6.45, 7) is 5.02. The van der Waals surface area contributed by atoms with Gasteiger partial charge in [0.2, 0.25) is 5.91 Å². The first-order valence-corrected chi connectivity index (χ1v) is 7.62. The fraction of sp³-hybridized carbons (Fsp3) is 0.923. The number of carbonyl (C=O) groups is 1. The molecule has 1 aliphatic carbocycles. The van der Waals surface area contributed by atoms with Gasteiger partial charge in [0.25, 0.3) is 0 Å². The SMILES string of the molecule is CC(C)SCC(=O)NCC1(CO)CCCCC1. The molecule has 2 N–H and O–H groups in total. The molecule has 4 heteroatoms. The summed E-state index contributed by atoms with van der Waals surface area (Å²) < 4.78 is 0. The van der Waals surface area contributed by atoms with Gasteiger partial charge in [-0.05, 0) is 18.1 Å². The second-order valence-electron chi connectivity index (χ2n) is 5.36. The van der Waals surface area contributed by atoms with Gasteiger partial charge in [0, 0.05) is 12.0 Å². The Kier molecular flexibility index (Phi) is 6.34. The summed E-state index contributed by atoms with van der Waals surface area (Å²) in [5.74, 6) is 0.626. The third-order valence-electron chi connectivity index (χ3n) is 3.46. The summed E-state index contributed by atoms with van der Waals surface area (Å²) in [7, 11) is 0. The average molecular weight is 259 g/mol. The van der Waals surface area contributed by atoms with Gasteiger partial charge in [0.05, 0.1) is 12.4 Å². The van der Waals surface area contributed by atoms with E-state index in [2.05, 4.69) is 19.2 Å². The van der Waals surface area contributed by atoms with Crippen LogP contribution in [0.2, 0.25) is 0 Å². The summed E-state index contributed by atoms with van der Waals surface area (Å²) in [6.07, 6.45) is 5.70. The summed E-state index contributed by atoms with van der Waals surface area (Å²) in [4.78, 5) is 11.6. The van der Waals surface area contributed by atoms with Crippen LogP contribution in [0.5, 0.6) is 0 Å². The number of rotatable bonds is 6. The van der Waals surface area contributed by atoms with E-state index in [1.807, 2.05) is 0 Å². The molecule has 0 atom stereocenters. The molecule has 0 aliphatic heterocycles. The van der Waals surface area contributed by atoms with Gasteiger partial charge in [-0.15, -0.1) is 11.8 Å². The van der Waals surface area contributed by atoms with Crippen molar-refractivity contribution in [3.63, 3.8) is 0 Å². The molecule has 0 bridgehead atoms. The fourth-order valence-electron chi connectivity index (χ4n) is 2.27. The van der Waals surface area contributed by atoms with Gasteiger partial charge in [-0.3, -0.25) is 4.79 Å². The highest BCUT2D eigenvalue weighted by atomic mass is 32.2. The average Bonchev–Trinajstić information content (AvgIpc) is 2.35. The first kappa shape index (κ1) is 14.8. The zero-order valence-corrected chi connectivity index (χ0v) is 11.8. The van der Waals surface area contributed by atoms with E-state index in [4.69, 9.17) is 0 Å². The Morgan fingerprint density at radius 1 is 1.35 bits per heavy atom. The minimum atomic E-state index is -0.0452. The largest absolute Gasteiger partial charge is 0.396 e. The molecule has 0 unspecified atom stereocenters. The third-order valence-corrected chi connectivity index (χ3v) is 4.55. The second-order valence-corrected chi connectivity index (χ2v) is 6.92. The Morgan fingerprint density at radius 3 is 2.53 bits per heavy atom. The minimum Gasteiger partial charge on any atom is -0.396 e. The molecule has 0 radical (unpaired) electrons. The number of amides is 1. The Hall–Kier alpha value is -0.220. The maximum Gasteiger partial charge on any atom is 0.230 e. The lowest BCUT2D eigenvalue weighted by Gasteiger charge is -2.35. The quantitative estimate of drug-likeness (QED) is 0.769. The van der Waals surface area contributed by atoms with Crippen LogP contribution in [-0.4, -0.2) is 35.2 Å². The number of thioether (sulfide) groups is 1. The van der Waals surface area contributed by atoms with Crippen molar-refractivity contribution in [2.45, 2.75) is 51.2 Å². The van der Waals surface area contributed by atoms with E-state index in [1.165, 1.54) is 19.3 Å². The lowest BCUT2D eigenvalue weighted by Crippen LogP contribution is -2.42. The zero-order chi connectivity index (χ0) is 12.7. The van der Waals surface area contributed by atoms with Crippen LogP contribution in [0.3, 0.4) is 0 Å². The van der Waals surface area contributed by atoms with E-state index in [1.54, 1.807) is 11.8 Å². The molecule has 0 spiro atoms. The standard InChI is InChI=1S/C13H25NO2S/c1-11(2)17-8-12(16)14-9-13(10-15)6-4-3-5-7-13/h11,15H,3-10H2,1-2H3,(H,14,16). The van der Waals surface area contributed by atoms with Crippen molar-refractivity contribution in [2.75, 3.05) is 18.9 Å². The molecule has 1 saturated carbocycles. The van der Waals surface area contributed by atoms with Crippen molar-refractivity contribution in [1.82, 2.24) is 5.32 Å². The van der Waals surface area contributed by atoms with Crippen molar-refractivity contribution in [3.05, 3.63) is 0 Å². The van der Waals surface area contributed by atoms with Gasteiger partial charge >= 0.3 is 0 Å². The first-order valence-electron chi connectivity index (χ1n) is 6.57. The summed E-state index contributed by atoms with van der Waals surface area (Å²) in [5, 5.41) is 13.0. The highest BCUT2D eigenvalue weighted by Gasteiger charge is 2.31. The molecule has 3 nitrogen and oxygen atoms in total. The Balaban J connectivity index is 2.29. The second kappa shape index (κ2) is 7.27. The molecule has 1 fully saturated rings. The van der Waals surface area contributed by atoms with Gasteiger partial charge in [-0.2, -0.15) is 0 Å². The van der Waals surface area contributed by atoms with Crippen LogP contribution in [0.1, 0.15) is 46.0 Å². The number of aliphatic hydroxyl groups excluding tert-OH is 1. The molecule has 0 heterocycles. The predicted octanol–water partition coefficient (Wildman–Crippen LogP) is 2.19. The van der Waals surface area contributed by atoms with Gasteiger partial charge in [0.1, 0.15) is 0 Å². The molecular formula is C13H25NO2S. The monoisotopic (exact) mass is 259 g/mol. The van der Waals surface area contributed by atoms with Crippen molar-refractivity contribution in [1.29, 1.82) is 0 Å². The summed E-state index contributed by atoms with van der Waals surface area (Å²) in [6, 6.07) is 0. The predicted molar refractivity (Wildman–Crippen MR) is 73.2 cm³/mol. The van der Waals surface area contributed by atoms with Crippen LogP contribution >= 0.6 is 11.8 Å². The Morgan fingerprint density at radius 2 is 2.00 bits per heavy atom. The van der Waals surface area contributed by atoms with E-state index < -0.39 is 0 Å².